The van der Waals surface area contributed by atoms with Crippen LogP contribution in [0.15, 0.2) is 64.9 Å². The van der Waals surface area contributed by atoms with Crippen molar-refractivity contribution in [2.24, 2.45) is 5.10 Å². The monoisotopic (exact) mass is 465 g/mol. The van der Waals surface area contributed by atoms with Crippen LogP contribution in [0.4, 0.5) is 24.8 Å². The first kappa shape index (κ1) is 22.9. The molecule has 1 aromatic heterocycles. The van der Waals surface area contributed by atoms with E-state index in [1.165, 1.54) is 12.1 Å². The number of carbonyl (C=O) groups is 1. The van der Waals surface area contributed by atoms with Gasteiger partial charge in [0.25, 0.3) is 5.95 Å². The minimum Gasteiger partial charge on any atom is -0.406 e. The second kappa shape index (κ2) is 10.0. The highest BCUT2D eigenvalue weighted by molar-refractivity contribution is 7.99. The van der Waals surface area contributed by atoms with Crippen molar-refractivity contribution in [2.45, 2.75) is 18.4 Å². The third-order valence-corrected chi connectivity index (χ3v) is 4.83. The molecule has 0 aliphatic heterocycles. The number of nitrogen functional groups attached to an aromatic ring is 1. The number of hydrogen-bond donors (Lipinski definition) is 3. The highest BCUT2D eigenvalue weighted by atomic mass is 32.2. The largest absolute Gasteiger partial charge is 0.573 e. The number of benzene rings is 2. The number of halogens is 3. The van der Waals surface area contributed by atoms with Gasteiger partial charge in [-0.2, -0.15) is 5.10 Å². The Morgan fingerprint density at radius 3 is 2.50 bits per heavy atom. The van der Waals surface area contributed by atoms with Crippen LogP contribution in [0.3, 0.4) is 0 Å². The van der Waals surface area contributed by atoms with E-state index in [-0.39, 0.29) is 22.6 Å². The number of nitrogens with two attached hydrogens (primary N) is 1. The highest BCUT2D eigenvalue weighted by Gasteiger charge is 2.30. The van der Waals surface area contributed by atoms with Gasteiger partial charge in [-0.1, -0.05) is 42.1 Å². The van der Waals surface area contributed by atoms with Crippen molar-refractivity contribution in [1.29, 1.82) is 0 Å². The molecule has 13 heteroatoms. The molecular weight excluding hydrogens is 447 g/mol. The molecule has 9 nitrogen and oxygen atoms in total. The van der Waals surface area contributed by atoms with Crippen molar-refractivity contribution in [3.8, 4) is 5.75 Å². The first-order valence-electron chi connectivity index (χ1n) is 9.06. The fourth-order valence-corrected chi connectivity index (χ4v) is 3.05. The second-order valence-electron chi connectivity index (χ2n) is 6.26. The zero-order valence-electron chi connectivity index (χ0n) is 16.6. The summed E-state index contributed by atoms with van der Waals surface area (Å²) in [5.41, 5.74) is 4.68. The third kappa shape index (κ3) is 6.63. The zero-order chi connectivity index (χ0) is 23.1. The van der Waals surface area contributed by atoms with Crippen molar-refractivity contribution in [2.75, 3.05) is 22.3 Å². The SMILES string of the molecule is C/C(=N\Nc1nnc(SCC(=O)Nc2ccc(OC(F)(F)F)cc2)n1N)c1ccccc1. The number of anilines is 2. The molecule has 0 radical (unpaired) electrons. The van der Waals surface area contributed by atoms with Crippen molar-refractivity contribution in [3.63, 3.8) is 0 Å². The quantitative estimate of drug-likeness (QED) is 0.202. The number of nitrogens with one attached hydrogen (secondary N) is 2. The highest BCUT2D eigenvalue weighted by Crippen LogP contribution is 2.24. The van der Waals surface area contributed by atoms with Gasteiger partial charge in [-0.15, -0.1) is 23.4 Å². The van der Waals surface area contributed by atoms with Crippen LogP contribution in [-0.2, 0) is 4.79 Å². The van der Waals surface area contributed by atoms with Gasteiger partial charge in [-0.05, 0) is 36.8 Å². The Hall–Kier alpha value is -3.74. The first-order valence-corrected chi connectivity index (χ1v) is 10.0. The number of rotatable bonds is 8. The van der Waals surface area contributed by atoms with Crippen molar-refractivity contribution >= 4 is 35.0 Å². The zero-order valence-corrected chi connectivity index (χ0v) is 17.4. The van der Waals surface area contributed by atoms with Crippen molar-refractivity contribution in [1.82, 2.24) is 14.9 Å². The van der Waals surface area contributed by atoms with Gasteiger partial charge in [-0.25, -0.2) is 10.1 Å². The van der Waals surface area contributed by atoms with E-state index in [2.05, 4.69) is 30.8 Å². The topological polar surface area (TPSA) is 119 Å². The van der Waals surface area contributed by atoms with Gasteiger partial charge in [0, 0.05) is 5.69 Å². The van der Waals surface area contributed by atoms with Gasteiger partial charge in [0.2, 0.25) is 11.1 Å². The van der Waals surface area contributed by atoms with Crippen LogP contribution < -0.4 is 21.3 Å². The maximum absolute atomic E-state index is 12.2. The fraction of sp³-hybridized carbons (Fsp3) is 0.158. The molecule has 1 amide bonds. The molecule has 0 fully saturated rings. The van der Waals surface area contributed by atoms with E-state index in [0.29, 0.717) is 11.4 Å². The first-order chi connectivity index (χ1) is 15.2. The Balaban J connectivity index is 1.51. The average Bonchev–Trinajstić information content (AvgIpc) is 3.11. The van der Waals surface area contributed by atoms with Gasteiger partial charge in [0.15, 0.2) is 0 Å². The number of alkyl halides is 3. The van der Waals surface area contributed by atoms with Gasteiger partial charge in [0.05, 0.1) is 11.5 Å². The van der Waals surface area contributed by atoms with Crippen LogP contribution in [-0.4, -0.2) is 38.6 Å². The van der Waals surface area contributed by atoms with Crippen LogP contribution in [0, 0.1) is 0 Å². The smallest absolute Gasteiger partial charge is 0.406 e. The Bertz CT molecular complexity index is 1090. The molecule has 0 saturated carbocycles. The summed E-state index contributed by atoms with van der Waals surface area (Å²) in [7, 11) is 0. The van der Waals surface area contributed by atoms with E-state index < -0.39 is 12.3 Å². The standard InChI is InChI=1S/C19H18F3N7O2S/c1-12(13-5-3-2-4-6-13)25-26-17-27-28-18(29(17)23)32-11-16(30)24-14-7-9-15(10-8-14)31-19(20,21)22/h2-10H,11,23H2,1H3,(H,24,30)(H,26,27)/b25-12+. The Labute approximate surface area is 184 Å². The van der Waals surface area contributed by atoms with Gasteiger partial charge in [-0.3, -0.25) is 4.79 Å². The van der Waals surface area contributed by atoms with Gasteiger partial charge < -0.3 is 15.9 Å². The molecule has 4 N–H and O–H groups in total. The summed E-state index contributed by atoms with van der Waals surface area (Å²) in [6.45, 7) is 1.82. The summed E-state index contributed by atoms with van der Waals surface area (Å²) in [6, 6.07) is 14.3. The predicted molar refractivity (Wildman–Crippen MR) is 115 cm³/mol. The molecule has 1 heterocycles. The molecule has 0 unspecified atom stereocenters. The van der Waals surface area contributed by atoms with Gasteiger partial charge >= 0.3 is 6.36 Å². The molecule has 0 atom stereocenters. The Morgan fingerprint density at radius 2 is 1.84 bits per heavy atom. The van der Waals surface area contributed by atoms with E-state index in [9.17, 15) is 18.0 Å². The molecule has 0 aliphatic carbocycles. The molecule has 3 aromatic rings. The third-order valence-electron chi connectivity index (χ3n) is 3.88. The number of ether oxygens (including phenoxy) is 1. The molecule has 168 valence electrons. The lowest BCUT2D eigenvalue weighted by Gasteiger charge is -2.10. The van der Waals surface area contributed by atoms with Gasteiger partial charge in [0.1, 0.15) is 5.75 Å². The van der Waals surface area contributed by atoms with E-state index in [0.717, 1.165) is 34.1 Å². The van der Waals surface area contributed by atoms with Crippen LogP contribution >= 0.6 is 11.8 Å². The molecule has 32 heavy (non-hydrogen) atoms. The fourth-order valence-electron chi connectivity index (χ4n) is 2.40. The average molecular weight is 465 g/mol. The van der Waals surface area contributed by atoms with Crippen LogP contribution in [0.25, 0.3) is 0 Å². The Kier molecular flexibility index (Phi) is 7.20. The summed E-state index contributed by atoms with van der Waals surface area (Å²) in [4.78, 5) is 12.1. The van der Waals surface area contributed by atoms with Crippen molar-refractivity contribution in [3.05, 3.63) is 60.2 Å². The number of hydrogen-bond acceptors (Lipinski definition) is 8. The maximum Gasteiger partial charge on any atom is 0.573 e. The minimum atomic E-state index is -4.78. The molecular formula is C19H18F3N7O2S. The number of thioether (sulfide) groups is 1. The lowest BCUT2D eigenvalue weighted by atomic mass is 10.1. The molecule has 0 spiro atoms. The number of amides is 1. The van der Waals surface area contributed by atoms with E-state index >= 15 is 0 Å². The van der Waals surface area contributed by atoms with Crippen LogP contribution in [0.5, 0.6) is 5.75 Å². The molecule has 0 bridgehead atoms. The number of carbonyl (C=O) groups excluding carboxylic acids is 1. The van der Waals surface area contributed by atoms with Crippen molar-refractivity contribution < 1.29 is 22.7 Å². The molecule has 0 saturated heterocycles. The number of nitrogens with zero attached hydrogens (tertiary/aromatic N) is 4. The summed E-state index contributed by atoms with van der Waals surface area (Å²) < 4.78 is 41.5. The Morgan fingerprint density at radius 1 is 1.16 bits per heavy atom. The summed E-state index contributed by atoms with van der Waals surface area (Å²) in [5, 5.41) is 14.8. The summed E-state index contributed by atoms with van der Waals surface area (Å²) in [6.07, 6.45) is -4.78. The number of aromatic nitrogens is 3. The van der Waals surface area contributed by atoms with E-state index in [1.54, 1.807) is 0 Å². The minimum absolute atomic E-state index is 0.0531. The van der Waals surface area contributed by atoms with E-state index in [1.807, 2.05) is 37.3 Å². The van der Waals surface area contributed by atoms with Crippen LogP contribution in [0.1, 0.15) is 12.5 Å². The van der Waals surface area contributed by atoms with Crippen LogP contribution in [0.2, 0.25) is 0 Å². The van der Waals surface area contributed by atoms with E-state index in [4.69, 9.17) is 5.84 Å². The second-order valence-corrected chi connectivity index (χ2v) is 7.20. The number of hydrazone groups is 1. The molecule has 3 rings (SSSR count). The lowest BCUT2D eigenvalue weighted by Crippen LogP contribution is -2.18. The lowest BCUT2D eigenvalue weighted by molar-refractivity contribution is -0.274. The molecule has 2 aromatic carbocycles. The summed E-state index contributed by atoms with van der Waals surface area (Å²) in [5.74, 6) is 5.28. The molecule has 0 aliphatic rings. The maximum atomic E-state index is 12.2. The predicted octanol–water partition coefficient (Wildman–Crippen LogP) is 3.46. The normalized spacial score (nSPS) is 11.8. The summed E-state index contributed by atoms with van der Waals surface area (Å²) >= 11 is 1.03.